The maximum absolute atomic E-state index is 12.8. The molecule has 43 heavy (non-hydrogen) atoms. The van der Waals surface area contributed by atoms with Gasteiger partial charge in [0.15, 0.2) is 23.6 Å². The molecule has 10 unspecified atom stereocenters. The first kappa shape index (κ1) is 32.7. The van der Waals surface area contributed by atoms with Gasteiger partial charge in [0, 0.05) is 18.6 Å². The second kappa shape index (κ2) is 13.6. The number of methoxy groups -OCH3 is 1. The van der Waals surface area contributed by atoms with Crippen molar-refractivity contribution in [1.82, 2.24) is 0 Å². The van der Waals surface area contributed by atoms with Gasteiger partial charge in [-0.1, -0.05) is 6.07 Å². The first-order valence-electron chi connectivity index (χ1n) is 13.4. The number of Topliss-reactive ketones (excluding diaryl/α,β-unsaturated/α-hetero) is 1. The third-order valence-electron chi connectivity index (χ3n) is 7.39. The van der Waals surface area contributed by atoms with Crippen LogP contribution in [0.15, 0.2) is 30.3 Å². The van der Waals surface area contributed by atoms with Crippen molar-refractivity contribution in [2.24, 2.45) is 0 Å². The number of hydrogen-bond donors (Lipinski definition) is 9. The Morgan fingerprint density at radius 1 is 0.791 bits per heavy atom. The van der Waals surface area contributed by atoms with Gasteiger partial charge < -0.3 is 69.6 Å². The van der Waals surface area contributed by atoms with Crippen molar-refractivity contribution in [3.8, 4) is 28.7 Å². The van der Waals surface area contributed by atoms with Gasteiger partial charge >= 0.3 is 0 Å². The lowest BCUT2D eigenvalue weighted by molar-refractivity contribution is -0.318. The Labute approximate surface area is 245 Å². The van der Waals surface area contributed by atoms with Crippen LogP contribution in [0.5, 0.6) is 28.7 Å². The number of ketones is 1. The Balaban J connectivity index is 1.40. The smallest absolute Gasteiger partial charge is 0.229 e. The number of aryl methyl sites for hydroxylation is 1. The summed E-state index contributed by atoms with van der Waals surface area (Å²) in [4.78, 5) is 12.8. The molecule has 15 heteroatoms. The molecule has 0 saturated carbocycles. The van der Waals surface area contributed by atoms with E-state index >= 15 is 0 Å². The molecule has 2 saturated heterocycles. The molecule has 4 rings (SSSR count). The fourth-order valence-electron chi connectivity index (χ4n) is 4.84. The summed E-state index contributed by atoms with van der Waals surface area (Å²) in [6.07, 6.45) is -15.1. The number of aliphatic hydroxyl groups excluding tert-OH is 6. The van der Waals surface area contributed by atoms with Gasteiger partial charge in [-0.05, 0) is 31.0 Å². The van der Waals surface area contributed by atoms with E-state index in [9.17, 15) is 50.8 Å². The van der Waals surface area contributed by atoms with E-state index in [1.54, 1.807) is 6.07 Å². The molecule has 2 aliphatic rings. The highest BCUT2D eigenvalue weighted by molar-refractivity contribution is 6.01. The first-order valence-corrected chi connectivity index (χ1v) is 13.4. The van der Waals surface area contributed by atoms with Crippen molar-refractivity contribution >= 4 is 5.78 Å². The fourth-order valence-corrected chi connectivity index (χ4v) is 4.84. The Bertz CT molecular complexity index is 1250. The predicted octanol–water partition coefficient (Wildman–Crippen LogP) is -1.34. The molecule has 238 valence electrons. The monoisotopic (exact) mass is 612 g/mol. The molecule has 0 bridgehead atoms. The minimum Gasteiger partial charge on any atom is -0.507 e. The van der Waals surface area contributed by atoms with Crippen LogP contribution in [0.4, 0.5) is 0 Å². The van der Waals surface area contributed by atoms with Crippen LogP contribution < -0.4 is 9.47 Å². The van der Waals surface area contributed by atoms with E-state index in [0.717, 1.165) is 12.1 Å². The maximum Gasteiger partial charge on any atom is 0.229 e. The van der Waals surface area contributed by atoms with Crippen LogP contribution >= 0.6 is 0 Å². The molecule has 0 aliphatic carbocycles. The van der Waals surface area contributed by atoms with Gasteiger partial charge in [0.05, 0.1) is 19.8 Å². The van der Waals surface area contributed by atoms with Crippen LogP contribution in [0.3, 0.4) is 0 Å². The number of aromatic hydroxyl groups is 3. The lowest BCUT2D eigenvalue weighted by Crippen LogP contribution is -2.61. The van der Waals surface area contributed by atoms with Crippen LogP contribution in [0.2, 0.25) is 0 Å². The van der Waals surface area contributed by atoms with Gasteiger partial charge in [-0.25, -0.2) is 0 Å². The van der Waals surface area contributed by atoms with Crippen molar-refractivity contribution < 1.29 is 74.4 Å². The molecule has 10 atom stereocenters. The lowest BCUT2D eigenvalue weighted by atomic mass is 9.98. The van der Waals surface area contributed by atoms with Crippen LogP contribution in [-0.4, -0.2) is 127 Å². The number of aliphatic hydroxyl groups is 6. The summed E-state index contributed by atoms with van der Waals surface area (Å²) in [7, 11) is 1.40. The molecule has 2 heterocycles. The summed E-state index contributed by atoms with van der Waals surface area (Å²) in [5.41, 5.74) is 0.227. The fraction of sp³-hybridized carbons (Fsp3) is 0.536. The van der Waals surface area contributed by atoms with Gasteiger partial charge in [0.1, 0.15) is 65.5 Å². The zero-order valence-corrected chi connectivity index (χ0v) is 23.3. The second-order valence-corrected chi connectivity index (χ2v) is 10.4. The zero-order valence-electron chi connectivity index (χ0n) is 23.3. The van der Waals surface area contributed by atoms with Crippen LogP contribution in [0.1, 0.15) is 29.3 Å². The Morgan fingerprint density at radius 2 is 1.42 bits per heavy atom. The molecule has 2 aliphatic heterocycles. The Hall–Kier alpha value is -3.25. The van der Waals surface area contributed by atoms with E-state index in [4.69, 9.17) is 23.7 Å². The molecule has 0 radical (unpaired) electrons. The van der Waals surface area contributed by atoms with E-state index in [1.807, 2.05) is 0 Å². The topological polar surface area (TPSA) is 245 Å². The molecule has 0 spiro atoms. The molecular weight excluding hydrogens is 576 g/mol. The van der Waals surface area contributed by atoms with Crippen LogP contribution in [-0.2, 0) is 20.6 Å². The van der Waals surface area contributed by atoms with E-state index < -0.39 is 85.3 Å². The van der Waals surface area contributed by atoms with Crippen molar-refractivity contribution in [2.75, 3.05) is 13.7 Å². The highest BCUT2D eigenvalue weighted by atomic mass is 16.7. The Morgan fingerprint density at radius 3 is 2.05 bits per heavy atom. The average molecular weight is 613 g/mol. The van der Waals surface area contributed by atoms with E-state index in [2.05, 4.69) is 0 Å². The summed E-state index contributed by atoms with van der Waals surface area (Å²) in [6, 6.07) is 6.60. The minimum atomic E-state index is -1.80. The SMILES string of the molecule is COc1ccc(CCC(=O)c2c(O)cc(OC3OC(COC4OC(C)C(O)C(O)C4O)C(O)C(O)C3O)cc2O)cc1O. The third-order valence-corrected chi connectivity index (χ3v) is 7.39. The highest BCUT2D eigenvalue weighted by Gasteiger charge is 2.47. The summed E-state index contributed by atoms with van der Waals surface area (Å²) in [5, 5.41) is 92.0. The number of hydrogen-bond acceptors (Lipinski definition) is 15. The number of rotatable bonds is 10. The number of phenolic OH excluding ortho intramolecular Hbond substituents is 3. The summed E-state index contributed by atoms with van der Waals surface area (Å²) < 4.78 is 26.8. The molecule has 0 aromatic heterocycles. The average Bonchev–Trinajstić information content (AvgIpc) is 2.96. The molecule has 15 nitrogen and oxygen atoms in total. The normalized spacial score (nSPS) is 32.7. The summed E-state index contributed by atoms with van der Waals surface area (Å²) >= 11 is 0. The second-order valence-electron chi connectivity index (χ2n) is 10.4. The van der Waals surface area contributed by atoms with Crippen LogP contribution in [0, 0.1) is 0 Å². The number of benzene rings is 2. The van der Waals surface area contributed by atoms with E-state index in [0.29, 0.717) is 5.56 Å². The van der Waals surface area contributed by atoms with Gasteiger partial charge in [-0.3, -0.25) is 4.79 Å². The Kier molecular flexibility index (Phi) is 10.3. The number of carbonyl (C=O) groups is 1. The predicted molar refractivity (Wildman–Crippen MR) is 143 cm³/mol. The van der Waals surface area contributed by atoms with Crippen molar-refractivity contribution in [3.63, 3.8) is 0 Å². The lowest BCUT2D eigenvalue weighted by Gasteiger charge is -2.42. The van der Waals surface area contributed by atoms with Gasteiger partial charge in [-0.15, -0.1) is 0 Å². The van der Waals surface area contributed by atoms with Crippen molar-refractivity contribution in [1.29, 1.82) is 0 Å². The summed E-state index contributed by atoms with van der Waals surface area (Å²) in [6.45, 7) is 0.931. The maximum atomic E-state index is 12.8. The highest BCUT2D eigenvalue weighted by Crippen LogP contribution is 2.36. The quantitative estimate of drug-likeness (QED) is 0.141. The molecule has 2 aromatic rings. The van der Waals surface area contributed by atoms with Gasteiger partial charge in [-0.2, -0.15) is 0 Å². The third kappa shape index (κ3) is 7.12. The number of ether oxygens (including phenoxy) is 5. The van der Waals surface area contributed by atoms with Gasteiger partial charge in [0.25, 0.3) is 0 Å². The standard InChI is InChI=1S/C28H36O15/c1-11-21(33)23(35)25(37)27(41-11)40-10-19-22(34)24(36)26(38)28(43-19)42-13-8-16(31)20(17(32)9-13)14(29)5-3-12-4-6-18(39-2)15(30)7-12/h4,6-9,11,19,21-28,30-38H,3,5,10H2,1-2H3. The largest absolute Gasteiger partial charge is 0.507 e. The molecule has 2 aromatic carbocycles. The van der Waals surface area contributed by atoms with Crippen LogP contribution in [0.25, 0.3) is 0 Å². The van der Waals surface area contributed by atoms with Gasteiger partial charge in [0.2, 0.25) is 6.29 Å². The molecule has 0 amide bonds. The minimum absolute atomic E-state index is 0.105. The molecule has 2 fully saturated rings. The number of carbonyl (C=O) groups excluding carboxylic acids is 1. The summed E-state index contributed by atoms with van der Waals surface area (Å²) in [5.74, 6) is -1.98. The van der Waals surface area contributed by atoms with E-state index in [1.165, 1.54) is 26.2 Å². The molecular formula is C28H36O15. The first-order chi connectivity index (χ1) is 20.3. The van der Waals surface area contributed by atoms with Crippen molar-refractivity contribution in [2.45, 2.75) is 81.2 Å². The number of phenols is 3. The molecule has 9 N–H and O–H groups in total. The van der Waals surface area contributed by atoms with E-state index in [-0.39, 0.29) is 35.7 Å². The van der Waals surface area contributed by atoms with Crippen molar-refractivity contribution in [3.05, 3.63) is 41.5 Å². The zero-order chi connectivity index (χ0) is 31.6.